The van der Waals surface area contributed by atoms with Gasteiger partial charge in [0.25, 0.3) is 0 Å². The van der Waals surface area contributed by atoms with E-state index in [1.165, 1.54) is 40.7 Å². The van der Waals surface area contributed by atoms with E-state index in [0.29, 0.717) is 12.0 Å². The van der Waals surface area contributed by atoms with Gasteiger partial charge in [-0.2, -0.15) is 0 Å². The summed E-state index contributed by atoms with van der Waals surface area (Å²) in [6.45, 7) is 6.83. The molecule has 4 N–H and O–H groups in total. The van der Waals surface area contributed by atoms with Crippen LogP contribution in [-0.4, -0.2) is 134 Å². The van der Waals surface area contributed by atoms with Gasteiger partial charge >= 0.3 is 12.0 Å². The molecule has 4 saturated heterocycles. The van der Waals surface area contributed by atoms with Gasteiger partial charge in [-0.05, 0) is 80.9 Å². The van der Waals surface area contributed by atoms with Gasteiger partial charge in [0.05, 0.1) is 12.2 Å². The summed E-state index contributed by atoms with van der Waals surface area (Å²) in [4.78, 5) is 102. The van der Waals surface area contributed by atoms with Gasteiger partial charge in [0, 0.05) is 24.5 Å². The van der Waals surface area contributed by atoms with Crippen LogP contribution in [0.25, 0.3) is 0 Å². The van der Waals surface area contributed by atoms with Gasteiger partial charge in [0.15, 0.2) is 6.04 Å². The fourth-order valence-electron chi connectivity index (χ4n) is 8.13. The SMILES string of the molecule is Cc1cccc(C[C@H](NC(=O)Nc2ccc(Cl)cc2F)C(=O)N[C@@H]2C(=O)N3CCC[C@H]3C(=O)N3CC[S+]([O-])C[C@H]3C(=O)N[C@@H](C)C(=O)N3C[C@H](C)C[C@H]3C(=O)O[C@H]2C)c1. The third kappa shape index (κ3) is 10.1. The predicted molar refractivity (Wildman–Crippen MR) is 215 cm³/mol. The van der Waals surface area contributed by atoms with Gasteiger partial charge in [-0.25, -0.2) is 14.0 Å². The molecular formula is C40H49ClFN7O9S. The zero-order valence-electron chi connectivity index (χ0n) is 33.2. The van der Waals surface area contributed by atoms with Crippen molar-refractivity contribution in [1.29, 1.82) is 0 Å². The zero-order valence-corrected chi connectivity index (χ0v) is 34.8. The molecule has 4 aliphatic rings. The van der Waals surface area contributed by atoms with E-state index in [9.17, 15) is 42.5 Å². The summed E-state index contributed by atoms with van der Waals surface area (Å²) in [6, 6.07) is 2.46. The Bertz CT molecular complexity index is 1990. The number of amides is 7. The molecule has 19 heteroatoms. The Hall–Kier alpha value is -4.94. The summed E-state index contributed by atoms with van der Waals surface area (Å²) in [5.41, 5.74) is 1.31. The van der Waals surface area contributed by atoms with Crippen LogP contribution in [0.2, 0.25) is 5.02 Å². The molecule has 0 saturated carbocycles. The third-order valence-corrected chi connectivity index (χ3v) is 12.7. The molecule has 16 nitrogen and oxygen atoms in total. The van der Waals surface area contributed by atoms with Crippen LogP contribution in [0.3, 0.4) is 0 Å². The van der Waals surface area contributed by atoms with Crippen molar-refractivity contribution < 1.29 is 47.2 Å². The van der Waals surface area contributed by atoms with E-state index in [-0.39, 0.29) is 67.0 Å². The lowest BCUT2D eigenvalue weighted by molar-refractivity contribution is -0.163. The number of cyclic esters (lactones) is 1. The van der Waals surface area contributed by atoms with E-state index >= 15 is 0 Å². The average molecular weight is 858 g/mol. The van der Waals surface area contributed by atoms with Gasteiger partial charge < -0.3 is 45.3 Å². The van der Waals surface area contributed by atoms with Crippen LogP contribution in [0.5, 0.6) is 0 Å². The van der Waals surface area contributed by atoms with Crippen LogP contribution < -0.4 is 21.3 Å². The molecule has 59 heavy (non-hydrogen) atoms. The Morgan fingerprint density at radius 2 is 1.73 bits per heavy atom. The van der Waals surface area contributed by atoms with Crippen molar-refractivity contribution in [2.24, 2.45) is 5.92 Å². The first-order valence-corrected chi connectivity index (χ1v) is 21.5. The second kappa shape index (κ2) is 18.5. The first-order chi connectivity index (χ1) is 28.0. The first kappa shape index (κ1) is 43.6. The number of urea groups is 1. The molecule has 6 rings (SSSR count). The van der Waals surface area contributed by atoms with Crippen LogP contribution in [0.4, 0.5) is 14.9 Å². The van der Waals surface area contributed by atoms with E-state index < -0.39 is 101 Å². The molecule has 318 valence electrons. The molecule has 0 radical (unpaired) electrons. The van der Waals surface area contributed by atoms with E-state index in [0.717, 1.165) is 11.6 Å². The van der Waals surface area contributed by atoms with Crippen molar-refractivity contribution in [3.05, 3.63) is 64.4 Å². The summed E-state index contributed by atoms with van der Waals surface area (Å²) in [6.07, 6.45) is -0.579. The molecule has 0 spiro atoms. The maximum atomic E-state index is 14.7. The maximum absolute atomic E-state index is 14.7. The number of nitrogens with one attached hydrogen (secondary N) is 4. The fraction of sp³-hybridized carbons (Fsp3) is 0.525. The summed E-state index contributed by atoms with van der Waals surface area (Å²) in [5.74, 6) is -5.27. The van der Waals surface area contributed by atoms with Gasteiger partial charge in [-0.15, -0.1) is 0 Å². The molecular weight excluding hydrogens is 809 g/mol. The maximum Gasteiger partial charge on any atom is 0.329 e. The molecule has 2 aromatic carbocycles. The van der Waals surface area contributed by atoms with E-state index in [1.807, 2.05) is 19.9 Å². The second-order valence-electron chi connectivity index (χ2n) is 15.7. The molecule has 9 atom stereocenters. The minimum absolute atomic E-state index is 0.0292. The number of fused-ring (bicyclic) bond motifs is 3. The third-order valence-electron chi connectivity index (χ3n) is 11.1. The van der Waals surface area contributed by atoms with Gasteiger partial charge in [0.2, 0.25) is 29.5 Å². The summed E-state index contributed by atoms with van der Waals surface area (Å²) >= 11 is 4.44. The van der Waals surface area contributed by atoms with Crippen molar-refractivity contribution in [2.45, 2.75) is 95.7 Å². The molecule has 4 heterocycles. The highest BCUT2D eigenvalue weighted by Gasteiger charge is 2.48. The Morgan fingerprint density at radius 1 is 0.983 bits per heavy atom. The Balaban J connectivity index is 1.34. The van der Waals surface area contributed by atoms with Gasteiger partial charge in [-0.1, -0.05) is 48.4 Å². The number of hydrogen-bond acceptors (Lipinski definition) is 9. The van der Waals surface area contributed by atoms with Crippen LogP contribution in [0.15, 0.2) is 42.5 Å². The van der Waals surface area contributed by atoms with Crippen molar-refractivity contribution in [3.63, 3.8) is 0 Å². The first-order valence-electron chi connectivity index (χ1n) is 19.7. The highest BCUT2D eigenvalue weighted by atomic mass is 35.5. The van der Waals surface area contributed by atoms with Gasteiger partial charge in [0.1, 0.15) is 53.6 Å². The lowest BCUT2D eigenvalue weighted by atomic mass is 10.0. The minimum atomic E-state index is -1.60. The number of aryl methyl sites for hydroxylation is 1. The number of hydrogen-bond donors (Lipinski definition) is 4. The molecule has 4 aliphatic heterocycles. The molecule has 2 aromatic rings. The number of carbonyl (C=O) groups excluding carboxylic acids is 7. The molecule has 0 aliphatic carbocycles. The van der Waals surface area contributed by atoms with Crippen molar-refractivity contribution in [1.82, 2.24) is 30.7 Å². The van der Waals surface area contributed by atoms with Crippen LogP contribution in [-0.2, 0) is 51.1 Å². The van der Waals surface area contributed by atoms with E-state index in [2.05, 4.69) is 21.3 Å². The summed E-state index contributed by atoms with van der Waals surface area (Å²) < 4.78 is 33.3. The smallest absolute Gasteiger partial charge is 0.329 e. The van der Waals surface area contributed by atoms with Crippen LogP contribution >= 0.6 is 11.6 Å². The lowest BCUT2D eigenvalue weighted by Crippen LogP contribution is -2.64. The summed E-state index contributed by atoms with van der Waals surface area (Å²) in [7, 11) is 0. The molecule has 1 unspecified atom stereocenters. The Kier molecular flexibility index (Phi) is 13.7. The number of benzene rings is 2. The molecule has 0 aromatic heterocycles. The lowest BCUT2D eigenvalue weighted by Gasteiger charge is -2.39. The highest BCUT2D eigenvalue weighted by molar-refractivity contribution is 7.91. The van der Waals surface area contributed by atoms with Crippen molar-refractivity contribution >= 4 is 70.0 Å². The quantitative estimate of drug-likeness (QED) is 0.246. The highest BCUT2D eigenvalue weighted by Crippen LogP contribution is 2.28. The largest absolute Gasteiger partial charge is 0.616 e. The zero-order chi connectivity index (χ0) is 42.7. The van der Waals surface area contributed by atoms with Crippen molar-refractivity contribution in [3.8, 4) is 0 Å². The molecule has 0 bridgehead atoms. The van der Waals surface area contributed by atoms with E-state index in [1.54, 1.807) is 18.2 Å². The number of halogens is 2. The number of esters is 1. The van der Waals surface area contributed by atoms with Crippen LogP contribution in [0.1, 0.15) is 51.2 Å². The molecule has 7 amide bonds. The van der Waals surface area contributed by atoms with E-state index in [4.69, 9.17) is 16.3 Å². The minimum Gasteiger partial charge on any atom is -0.616 e. The standard InChI is InChI=1S/C40H49ClFN7O9S/c1-21-7-5-8-25(15-21)17-29(45-40(56)44-28-11-10-26(41)18-27(28)42)34(50)46-33-24(4)58-39(55)31-16-22(2)19-49(31)36(52)23(3)43-35(51)32-20-59(57)14-13-48(32)37(53)30-9-6-12-47(30)38(33)54/h5,7-8,10-11,15,18,22-24,29-33H,6,9,12-14,16-17,19-20H2,1-4H3,(H,43,51)(H,46,50)(H2,44,45,56)/t22-,23+,24+,29+,30+,31+,32+,33+,59?/m1/s1. The monoisotopic (exact) mass is 857 g/mol. The number of carbonyl (C=O) groups is 7. The number of ether oxygens (including phenoxy) is 1. The van der Waals surface area contributed by atoms with Crippen LogP contribution in [0, 0.1) is 18.7 Å². The second-order valence-corrected chi connectivity index (χ2v) is 17.8. The number of nitrogens with zero attached hydrogens (tertiary/aromatic N) is 3. The normalized spacial score (nSPS) is 28.5. The average Bonchev–Trinajstić information content (AvgIpc) is 3.84. The Labute approximate surface area is 349 Å². The summed E-state index contributed by atoms with van der Waals surface area (Å²) in [5, 5.41) is 10.4. The number of rotatable bonds is 6. The van der Waals surface area contributed by atoms with Crippen molar-refractivity contribution in [2.75, 3.05) is 36.5 Å². The van der Waals surface area contributed by atoms with Gasteiger partial charge in [-0.3, -0.25) is 24.0 Å². The fourth-order valence-corrected chi connectivity index (χ4v) is 9.54. The Morgan fingerprint density at radius 3 is 2.46 bits per heavy atom. The topological polar surface area (TPSA) is 210 Å². The molecule has 4 fully saturated rings. The number of anilines is 1. The predicted octanol–water partition coefficient (Wildman–Crippen LogP) is 1.64.